The molecule has 2 heteroatoms. The quantitative estimate of drug-likeness (QED) is 0.216. The Kier molecular flexibility index (Phi) is 2.09. The second-order valence-electron chi connectivity index (χ2n) is 1.89. The predicted molar refractivity (Wildman–Crippen MR) is 36.1 cm³/mol. The molecular formula is C7H8NO. The van der Waals surface area contributed by atoms with Gasteiger partial charge in [0.2, 0.25) is 0 Å². The van der Waals surface area contributed by atoms with Crippen molar-refractivity contribution in [3.8, 4) is 0 Å². The highest BCUT2D eigenvalue weighted by Crippen LogP contribution is 2.20. The van der Waals surface area contributed by atoms with Crippen LogP contribution in [0.25, 0.3) is 0 Å². The molecule has 1 aliphatic rings. The van der Waals surface area contributed by atoms with Crippen molar-refractivity contribution in [2.75, 3.05) is 7.05 Å². The minimum absolute atomic E-state index is 0.787. The van der Waals surface area contributed by atoms with Crippen LogP contribution >= 0.6 is 0 Å². The number of hydrogen-bond acceptors (Lipinski definition) is 1. The Hall–Kier alpha value is -0.530. The fourth-order valence-corrected chi connectivity index (χ4v) is 0.685. The zero-order valence-corrected chi connectivity index (χ0v) is 5.24. The maximum atomic E-state index is 10.4. The van der Waals surface area contributed by atoms with Gasteiger partial charge in [-0.3, -0.25) is 0 Å². The van der Waals surface area contributed by atoms with Crippen molar-refractivity contribution >= 4 is 6.21 Å². The van der Waals surface area contributed by atoms with E-state index in [4.69, 9.17) is 0 Å². The van der Waals surface area contributed by atoms with E-state index >= 15 is 0 Å². The molecule has 0 bridgehead atoms. The minimum atomic E-state index is 0.787. The summed E-state index contributed by atoms with van der Waals surface area (Å²) in [7, 11) is 1.47. The van der Waals surface area contributed by atoms with Crippen LogP contribution in [-0.4, -0.2) is 18.0 Å². The monoisotopic (exact) mass is 122 g/mol. The summed E-state index contributed by atoms with van der Waals surface area (Å²) in [4.78, 5) is 0. The van der Waals surface area contributed by atoms with Crippen LogP contribution in [0.4, 0.5) is 0 Å². The van der Waals surface area contributed by atoms with Crippen LogP contribution in [0.1, 0.15) is 0 Å². The first-order valence-corrected chi connectivity index (χ1v) is 2.75. The van der Waals surface area contributed by atoms with Crippen molar-refractivity contribution < 1.29 is 4.74 Å². The third-order valence-electron chi connectivity index (χ3n) is 1.02. The molecule has 47 valence electrons. The van der Waals surface area contributed by atoms with Crippen molar-refractivity contribution in [3.63, 3.8) is 0 Å². The summed E-state index contributed by atoms with van der Waals surface area (Å²) in [5.41, 5.74) is 0. The molecule has 2 nitrogen and oxygen atoms in total. The first-order chi connectivity index (χ1) is 4.29. The molecule has 1 rings (SSSR count). The average Bonchev–Trinajstić information content (AvgIpc) is 2.15. The second kappa shape index (κ2) is 2.85. The molecule has 0 aromatic carbocycles. The Morgan fingerprint density at radius 1 is 1.44 bits per heavy atom. The molecule has 0 aromatic rings. The van der Waals surface area contributed by atoms with E-state index in [1.165, 1.54) is 13.3 Å². The fourth-order valence-electron chi connectivity index (χ4n) is 0.685. The summed E-state index contributed by atoms with van der Waals surface area (Å²) in [6.45, 7) is 0. The largest absolute Gasteiger partial charge is 0.624 e. The molecule has 0 aliphatic heterocycles. The first kappa shape index (κ1) is 6.59. The Morgan fingerprint density at radius 2 is 2.00 bits per heavy atom. The van der Waals surface area contributed by atoms with E-state index in [1.807, 2.05) is 25.7 Å². The summed E-state index contributed by atoms with van der Waals surface area (Å²) >= 11 is 0. The molecular weight excluding hydrogens is 114 g/mol. The molecule has 9 heavy (non-hydrogen) atoms. The third-order valence-corrected chi connectivity index (χ3v) is 1.02. The van der Waals surface area contributed by atoms with Gasteiger partial charge in [0.15, 0.2) is 6.21 Å². The summed E-state index contributed by atoms with van der Waals surface area (Å²) < 4.78 is 0.787. The molecule has 5 radical (unpaired) electrons. The number of hydrogen-bond donors (Lipinski definition) is 0. The van der Waals surface area contributed by atoms with Gasteiger partial charge >= 0.3 is 0 Å². The van der Waals surface area contributed by atoms with Crippen molar-refractivity contribution in [2.24, 2.45) is 0 Å². The summed E-state index contributed by atoms with van der Waals surface area (Å²) in [6.07, 6.45) is 9.09. The SMILES string of the molecule is C/[N+]([O-])=C\[C]1[CH][CH][CH][CH]1. The van der Waals surface area contributed by atoms with Crippen molar-refractivity contribution in [1.82, 2.24) is 0 Å². The van der Waals surface area contributed by atoms with Gasteiger partial charge in [-0.1, -0.05) is 0 Å². The van der Waals surface area contributed by atoms with Gasteiger partial charge in [-0.15, -0.1) is 0 Å². The van der Waals surface area contributed by atoms with Crippen LogP contribution < -0.4 is 0 Å². The molecule has 0 atom stereocenters. The molecule has 0 amide bonds. The van der Waals surface area contributed by atoms with Crippen molar-refractivity contribution in [2.45, 2.75) is 0 Å². The van der Waals surface area contributed by atoms with Crippen LogP contribution in [0.5, 0.6) is 0 Å². The van der Waals surface area contributed by atoms with Crippen LogP contribution in [-0.2, 0) is 0 Å². The van der Waals surface area contributed by atoms with Gasteiger partial charge in [-0.25, -0.2) is 4.74 Å². The van der Waals surface area contributed by atoms with E-state index in [0.717, 1.165) is 10.7 Å². The zero-order chi connectivity index (χ0) is 6.69. The van der Waals surface area contributed by atoms with Crippen LogP contribution in [0, 0.1) is 36.8 Å². The Balaban J connectivity index is 2.35. The van der Waals surface area contributed by atoms with Gasteiger partial charge in [-0.05, 0) is 25.7 Å². The lowest BCUT2D eigenvalue weighted by Gasteiger charge is -1.98. The normalized spacial score (nSPS) is 23.0. The molecule has 0 aromatic heterocycles. The molecule has 0 spiro atoms. The number of hydroxylamine groups is 1. The topological polar surface area (TPSA) is 26.1 Å². The van der Waals surface area contributed by atoms with Crippen LogP contribution in [0.15, 0.2) is 0 Å². The van der Waals surface area contributed by atoms with Crippen LogP contribution in [0.3, 0.4) is 0 Å². The van der Waals surface area contributed by atoms with Gasteiger partial charge in [0, 0.05) is 0 Å². The molecule has 1 fully saturated rings. The average molecular weight is 122 g/mol. The van der Waals surface area contributed by atoms with E-state index < -0.39 is 0 Å². The molecule has 0 N–H and O–H groups in total. The lowest BCUT2D eigenvalue weighted by Crippen LogP contribution is -2.03. The molecule has 0 saturated heterocycles. The maximum Gasteiger partial charge on any atom is 0.158 e. The highest BCUT2D eigenvalue weighted by atomic mass is 16.5. The minimum Gasteiger partial charge on any atom is -0.624 e. The maximum absolute atomic E-state index is 10.4. The highest BCUT2D eigenvalue weighted by Gasteiger charge is 2.16. The second-order valence-corrected chi connectivity index (χ2v) is 1.89. The van der Waals surface area contributed by atoms with Gasteiger partial charge in [0.05, 0.1) is 5.92 Å². The fraction of sp³-hybridized carbons (Fsp3) is 0.143. The lowest BCUT2D eigenvalue weighted by atomic mass is 10.1. The Bertz CT molecular complexity index is 110. The molecule has 0 unspecified atom stereocenters. The van der Waals surface area contributed by atoms with E-state index in [1.54, 1.807) is 0 Å². The van der Waals surface area contributed by atoms with Gasteiger partial charge < -0.3 is 5.21 Å². The van der Waals surface area contributed by atoms with Crippen molar-refractivity contribution in [1.29, 1.82) is 0 Å². The third kappa shape index (κ3) is 2.04. The first-order valence-electron chi connectivity index (χ1n) is 2.75. The molecule has 0 heterocycles. The zero-order valence-electron chi connectivity index (χ0n) is 5.24. The standard InChI is InChI=1S/C7H8NO/c1-8(9)6-7-4-2-3-5-7/h2-6H,1H3/b8-6+. The Morgan fingerprint density at radius 3 is 2.44 bits per heavy atom. The molecule has 1 aliphatic carbocycles. The Labute approximate surface area is 55.8 Å². The van der Waals surface area contributed by atoms with Gasteiger partial charge in [-0.2, -0.15) is 0 Å². The lowest BCUT2D eigenvalue weighted by molar-refractivity contribution is -0.417. The van der Waals surface area contributed by atoms with E-state index in [2.05, 4.69) is 0 Å². The van der Waals surface area contributed by atoms with E-state index in [9.17, 15) is 5.21 Å². The number of rotatable bonds is 1. The van der Waals surface area contributed by atoms with Crippen LogP contribution in [0.2, 0.25) is 0 Å². The number of nitrogens with zero attached hydrogens (tertiary/aromatic N) is 1. The van der Waals surface area contributed by atoms with E-state index in [0.29, 0.717) is 0 Å². The van der Waals surface area contributed by atoms with Gasteiger partial charge in [0.25, 0.3) is 0 Å². The highest BCUT2D eigenvalue weighted by molar-refractivity contribution is 5.79. The van der Waals surface area contributed by atoms with Gasteiger partial charge in [0.1, 0.15) is 7.05 Å². The van der Waals surface area contributed by atoms with E-state index in [-0.39, 0.29) is 0 Å². The summed E-state index contributed by atoms with van der Waals surface area (Å²) in [6, 6.07) is 0. The predicted octanol–water partition coefficient (Wildman–Crippen LogP) is 0.603. The smallest absolute Gasteiger partial charge is 0.158 e. The summed E-state index contributed by atoms with van der Waals surface area (Å²) in [5, 5.41) is 10.4. The summed E-state index contributed by atoms with van der Waals surface area (Å²) in [5.74, 6) is 0.951. The molecule has 1 saturated carbocycles. The van der Waals surface area contributed by atoms with Crippen molar-refractivity contribution in [3.05, 3.63) is 36.8 Å².